The molecule has 23 heavy (non-hydrogen) atoms. The third-order valence-electron chi connectivity index (χ3n) is 3.57. The first-order valence-electron chi connectivity index (χ1n) is 6.99. The molecular formula is C19H12F2N2. The fourth-order valence-corrected chi connectivity index (χ4v) is 2.40. The number of hydrogen-bond donors (Lipinski definition) is 0. The number of halogens is 2. The molecule has 0 saturated carbocycles. The molecule has 0 spiro atoms. The van der Waals surface area contributed by atoms with Crippen molar-refractivity contribution in [3.63, 3.8) is 0 Å². The molecule has 1 heterocycles. The zero-order valence-electron chi connectivity index (χ0n) is 12.3. The standard InChI is InChI=1S/C19H12F2N2/c1-12-9-10-23-17(11-12)15-7-8-16(20)18(19(15)21)13-3-5-14(22-2)6-4-13/h3-11H,1H3. The number of aryl methyl sites for hydroxylation is 1. The van der Waals surface area contributed by atoms with E-state index < -0.39 is 11.6 Å². The van der Waals surface area contributed by atoms with Crippen LogP contribution in [0, 0.1) is 25.1 Å². The van der Waals surface area contributed by atoms with Gasteiger partial charge in [0.25, 0.3) is 0 Å². The Morgan fingerprint density at radius 1 is 1.00 bits per heavy atom. The van der Waals surface area contributed by atoms with E-state index >= 15 is 0 Å². The summed E-state index contributed by atoms with van der Waals surface area (Å²) in [5, 5.41) is 0. The van der Waals surface area contributed by atoms with Crippen molar-refractivity contribution < 1.29 is 8.78 Å². The van der Waals surface area contributed by atoms with Crippen molar-refractivity contribution in [1.29, 1.82) is 0 Å². The Morgan fingerprint density at radius 2 is 1.74 bits per heavy atom. The van der Waals surface area contributed by atoms with Crippen LogP contribution in [0.2, 0.25) is 0 Å². The summed E-state index contributed by atoms with van der Waals surface area (Å²) >= 11 is 0. The van der Waals surface area contributed by atoms with Crippen LogP contribution in [0.5, 0.6) is 0 Å². The van der Waals surface area contributed by atoms with Gasteiger partial charge in [0.1, 0.15) is 11.6 Å². The van der Waals surface area contributed by atoms with E-state index in [0.717, 1.165) is 5.56 Å². The third-order valence-corrected chi connectivity index (χ3v) is 3.57. The molecule has 0 bridgehead atoms. The topological polar surface area (TPSA) is 17.2 Å². The molecule has 0 aliphatic rings. The van der Waals surface area contributed by atoms with E-state index in [1.807, 2.05) is 13.0 Å². The van der Waals surface area contributed by atoms with Gasteiger partial charge < -0.3 is 0 Å². The van der Waals surface area contributed by atoms with E-state index in [2.05, 4.69) is 9.83 Å². The van der Waals surface area contributed by atoms with Crippen molar-refractivity contribution in [2.24, 2.45) is 0 Å². The molecular weight excluding hydrogens is 294 g/mol. The van der Waals surface area contributed by atoms with Crippen molar-refractivity contribution in [1.82, 2.24) is 4.98 Å². The van der Waals surface area contributed by atoms with Gasteiger partial charge in [-0.3, -0.25) is 4.98 Å². The van der Waals surface area contributed by atoms with Crippen molar-refractivity contribution in [2.45, 2.75) is 6.92 Å². The molecule has 0 aliphatic carbocycles. The van der Waals surface area contributed by atoms with Gasteiger partial charge in [-0.25, -0.2) is 13.6 Å². The van der Waals surface area contributed by atoms with Gasteiger partial charge in [0.2, 0.25) is 0 Å². The summed E-state index contributed by atoms with van der Waals surface area (Å²) in [5.41, 5.74) is 2.36. The predicted octanol–water partition coefficient (Wildman–Crippen LogP) is 5.55. The Balaban J connectivity index is 2.18. The first kappa shape index (κ1) is 14.9. The van der Waals surface area contributed by atoms with E-state index in [-0.39, 0.29) is 11.1 Å². The number of hydrogen-bond acceptors (Lipinski definition) is 1. The molecule has 0 radical (unpaired) electrons. The average molecular weight is 306 g/mol. The fraction of sp³-hybridized carbons (Fsp3) is 0.0526. The van der Waals surface area contributed by atoms with E-state index in [4.69, 9.17) is 6.57 Å². The molecule has 0 fully saturated rings. The second-order valence-electron chi connectivity index (χ2n) is 5.16. The number of aromatic nitrogens is 1. The Hall–Kier alpha value is -3.06. The minimum absolute atomic E-state index is 0.109. The molecule has 112 valence electrons. The van der Waals surface area contributed by atoms with E-state index in [1.54, 1.807) is 36.5 Å². The lowest BCUT2D eigenvalue weighted by Crippen LogP contribution is -1.95. The highest BCUT2D eigenvalue weighted by Gasteiger charge is 2.17. The Bertz CT molecular complexity index is 910. The summed E-state index contributed by atoms with van der Waals surface area (Å²) in [6, 6.07) is 12.4. The van der Waals surface area contributed by atoms with Gasteiger partial charge in [-0.2, -0.15) is 0 Å². The number of rotatable bonds is 2. The van der Waals surface area contributed by atoms with Gasteiger partial charge in [-0.05, 0) is 42.3 Å². The summed E-state index contributed by atoms with van der Waals surface area (Å²) in [5.74, 6) is -1.30. The Kier molecular flexibility index (Phi) is 3.86. The highest BCUT2D eigenvalue weighted by Crippen LogP contribution is 2.33. The zero-order chi connectivity index (χ0) is 16.4. The molecule has 0 amide bonds. The lowest BCUT2D eigenvalue weighted by atomic mass is 9.99. The zero-order valence-corrected chi connectivity index (χ0v) is 12.3. The Labute approximate surface area is 132 Å². The smallest absolute Gasteiger partial charge is 0.187 e. The molecule has 2 aromatic carbocycles. The molecule has 3 rings (SSSR count). The summed E-state index contributed by atoms with van der Waals surface area (Å²) in [6.07, 6.45) is 1.59. The molecule has 1 aromatic heterocycles. The monoisotopic (exact) mass is 306 g/mol. The minimum atomic E-state index is -0.654. The molecule has 0 N–H and O–H groups in total. The highest BCUT2D eigenvalue weighted by molar-refractivity contribution is 5.74. The van der Waals surface area contributed by atoms with Gasteiger partial charge in [0.15, 0.2) is 5.69 Å². The third kappa shape index (κ3) is 2.82. The van der Waals surface area contributed by atoms with Crippen molar-refractivity contribution in [2.75, 3.05) is 0 Å². The predicted molar refractivity (Wildman–Crippen MR) is 86.0 cm³/mol. The van der Waals surface area contributed by atoms with Crippen LogP contribution in [0.15, 0.2) is 54.7 Å². The Morgan fingerprint density at radius 3 is 2.39 bits per heavy atom. The van der Waals surface area contributed by atoms with Gasteiger partial charge >= 0.3 is 0 Å². The van der Waals surface area contributed by atoms with Gasteiger partial charge in [-0.15, -0.1) is 0 Å². The van der Waals surface area contributed by atoms with Gasteiger partial charge in [-0.1, -0.05) is 24.3 Å². The van der Waals surface area contributed by atoms with E-state index in [0.29, 0.717) is 16.9 Å². The maximum Gasteiger partial charge on any atom is 0.187 e. The van der Waals surface area contributed by atoms with Crippen LogP contribution in [0.1, 0.15) is 5.56 Å². The summed E-state index contributed by atoms with van der Waals surface area (Å²) in [4.78, 5) is 7.44. The molecule has 4 heteroatoms. The maximum absolute atomic E-state index is 14.9. The summed E-state index contributed by atoms with van der Waals surface area (Å²) in [7, 11) is 0. The van der Waals surface area contributed by atoms with Crippen LogP contribution >= 0.6 is 0 Å². The largest absolute Gasteiger partial charge is 0.256 e. The fourth-order valence-electron chi connectivity index (χ4n) is 2.40. The highest BCUT2D eigenvalue weighted by atomic mass is 19.1. The molecule has 0 unspecified atom stereocenters. The van der Waals surface area contributed by atoms with Crippen LogP contribution in [0.4, 0.5) is 14.5 Å². The number of pyridine rings is 1. The van der Waals surface area contributed by atoms with Crippen LogP contribution in [-0.2, 0) is 0 Å². The van der Waals surface area contributed by atoms with Gasteiger partial charge in [0.05, 0.1) is 17.8 Å². The van der Waals surface area contributed by atoms with E-state index in [1.165, 1.54) is 12.1 Å². The van der Waals surface area contributed by atoms with Gasteiger partial charge in [0, 0.05) is 11.8 Å². The minimum Gasteiger partial charge on any atom is -0.256 e. The lowest BCUT2D eigenvalue weighted by molar-refractivity contribution is 0.591. The number of benzene rings is 2. The SMILES string of the molecule is [C-]#[N+]c1ccc(-c2c(F)ccc(-c3cc(C)ccn3)c2F)cc1. The van der Waals surface area contributed by atoms with Crippen LogP contribution < -0.4 is 0 Å². The molecule has 0 atom stereocenters. The normalized spacial score (nSPS) is 10.3. The molecule has 0 aliphatic heterocycles. The second-order valence-corrected chi connectivity index (χ2v) is 5.16. The second kappa shape index (κ2) is 5.98. The van der Waals surface area contributed by atoms with Crippen molar-refractivity contribution in [3.8, 4) is 22.4 Å². The molecule has 2 nitrogen and oxygen atoms in total. The molecule has 3 aromatic rings. The maximum atomic E-state index is 14.9. The number of nitrogens with zero attached hydrogens (tertiary/aromatic N) is 2. The van der Waals surface area contributed by atoms with Crippen LogP contribution in [0.25, 0.3) is 27.2 Å². The van der Waals surface area contributed by atoms with Crippen molar-refractivity contribution in [3.05, 3.63) is 83.3 Å². The van der Waals surface area contributed by atoms with E-state index in [9.17, 15) is 8.78 Å². The first-order valence-corrected chi connectivity index (χ1v) is 6.99. The summed E-state index contributed by atoms with van der Waals surface area (Å²) < 4.78 is 29.1. The first-order chi connectivity index (χ1) is 11.1. The summed E-state index contributed by atoms with van der Waals surface area (Å²) in [6.45, 7) is 8.82. The molecule has 0 saturated heterocycles. The average Bonchev–Trinajstić information content (AvgIpc) is 2.55. The van der Waals surface area contributed by atoms with Crippen molar-refractivity contribution >= 4 is 5.69 Å². The van der Waals surface area contributed by atoms with Crippen LogP contribution in [0.3, 0.4) is 0 Å². The quantitative estimate of drug-likeness (QED) is 0.567. The lowest BCUT2D eigenvalue weighted by Gasteiger charge is -2.10. The van der Waals surface area contributed by atoms with Crippen LogP contribution in [-0.4, -0.2) is 4.98 Å².